The largest absolute Gasteiger partial charge is 0.387 e. The molecule has 0 saturated carbocycles. The predicted molar refractivity (Wildman–Crippen MR) is 114 cm³/mol. The number of nitrogens with zero attached hydrogens (tertiary/aromatic N) is 1. The van der Waals surface area contributed by atoms with Crippen LogP contribution in [0.25, 0.3) is 0 Å². The third-order valence-corrected chi connectivity index (χ3v) is 5.44. The number of halogens is 2. The molecule has 0 radical (unpaired) electrons. The summed E-state index contributed by atoms with van der Waals surface area (Å²) in [5.74, 6) is 0. The summed E-state index contributed by atoms with van der Waals surface area (Å²) in [6.45, 7) is 3.03. The Morgan fingerprint density at radius 2 is 1.78 bits per heavy atom. The molecule has 0 spiro atoms. The van der Waals surface area contributed by atoms with Gasteiger partial charge in [0.1, 0.15) is 0 Å². The zero-order valence-electron chi connectivity index (χ0n) is 15.5. The Bertz CT molecular complexity index is 621. The Balaban J connectivity index is 1.39. The molecule has 0 amide bonds. The first kappa shape index (κ1) is 22.6. The van der Waals surface area contributed by atoms with Crippen molar-refractivity contribution in [3.8, 4) is 0 Å². The van der Waals surface area contributed by atoms with Crippen LogP contribution in [0.15, 0.2) is 29.8 Å². The fraction of sp³-hybridized carbons (Fsp3) is 0.550. The number of nitrogens with one attached hydrogen (secondary N) is 1. The van der Waals surface area contributed by atoms with Gasteiger partial charge >= 0.3 is 0 Å². The molecule has 0 bridgehead atoms. The van der Waals surface area contributed by atoms with Gasteiger partial charge in [0.25, 0.3) is 0 Å². The molecular formula is C20H28Cl2N2O2S. The van der Waals surface area contributed by atoms with Gasteiger partial charge in [-0.25, -0.2) is 4.98 Å². The summed E-state index contributed by atoms with van der Waals surface area (Å²) in [6, 6.07) is 5.16. The van der Waals surface area contributed by atoms with Crippen molar-refractivity contribution in [2.24, 2.45) is 0 Å². The summed E-state index contributed by atoms with van der Waals surface area (Å²) < 4.78 is 5.67. The minimum Gasteiger partial charge on any atom is -0.387 e. The maximum Gasteiger partial charge on any atom is 0.0925 e. The molecular weight excluding hydrogens is 403 g/mol. The molecule has 2 rings (SSSR count). The van der Waals surface area contributed by atoms with Crippen molar-refractivity contribution in [3.05, 3.63) is 50.4 Å². The van der Waals surface area contributed by atoms with Gasteiger partial charge in [0, 0.05) is 47.8 Å². The van der Waals surface area contributed by atoms with E-state index in [4.69, 9.17) is 27.9 Å². The van der Waals surface area contributed by atoms with E-state index in [1.165, 1.54) is 11.4 Å². The van der Waals surface area contributed by atoms with Crippen LogP contribution in [0.5, 0.6) is 0 Å². The maximum atomic E-state index is 10.2. The fourth-order valence-corrected chi connectivity index (χ4v) is 3.94. The number of hydrogen-bond acceptors (Lipinski definition) is 5. The Hall–Kier alpha value is -0.690. The van der Waals surface area contributed by atoms with Gasteiger partial charge in [0.15, 0.2) is 0 Å². The van der Waals surface area contributed by atoms with Gasteiger partial charge in [0.05, 0.1) is 11.1 Å². The predicted octanol–water partition coefficient (Wildman–Crippen LogP) is 5.28. The number of aliphatic hydroxyl groups excluding tert-OH is 1. The highest BCUT2D eigenvalue weighted by atomic mass is 35.5. The SMILES string of the molecule is OC(CNCCCCCCOCCCc1nccs1)c1cc(Cl)cc(Cl)c1. The lowest BCUT2D eigenvalue weighted by Crippen LogP contribution is -2.22. The molecule has 0 aliphatic carbocycles. The van der Waals surface area contributed by atoms with Gasteiger partial charge in [-0.05, 0) is 49.6 Å². The van der Waals surface area contributed by atoms with E-state index in [0.717, 1.165) is 57.4 Å². The first-order valence-corrected chi connectivity index (χ1v) is 11.1. The highest BCUT2D eigenvalue weighted by Gasteiger charge is 2.08. The molecule has 0 saturated heterocycles. The number of aromatic nitrogens is 1. The molecule has 2 aromatic rings. The second-order valence-corrected chi connectivity index (χ2v) is 8.33. The van der Waals surface area contributed by atoms with E-state index in [-0.39, 0.29) is 0 Å². The van der Waals surface area contributed by atoms with Crippen LogP contribution in [-0.4, -0.2) is 36.4 Å². The minimum atomic E-state index is -0.598. The molecule has 1 aromatic carbocycles. The fourth-order valence-electron chi connectivity index (χ4n) is 2.74. The number of aryl methyl sites for hydroxylation is 1. The Labute approximate surface area is 175 Å². The van der Waals surface area contributed by atoms with E-state index in [0.29, 0.717) is 16.6 Å². The molecule has 0 fully saturated rings. The first-order valence-electron chi connectivity index (χ1n) is 9.46. The number of benzene rings is 1. The van der Waals surface area contributed by atoms with E-state index in [1.807, 2.05) is 11.6 Å². The van der Waals surface area contributed by atoms with Crippen molar-refractivity contribution in [1.29, 1.82) is 0 Å². The highest BCUT2D eigenvalue weighted by Crippen LogP contribution is 2.23. The van der Waals surface area contributed by atoms with Crippen molar-refractivity contribution >= 4 is 34.5 Å². The Morgan fingerprint density at radius 3 is 2.52 bits per heavy atom. The number of thiazole rings is 1. The van der Waals surface area contributed by atoms with Crippen molar-refractivity contribution in [1.82, 2.24) is 10.3 Å². The summed E-state index contributed by atoms with van der Waals surface area (Å²) >= 11 is 13.6. The number of hydrogen-bond donors (Lipinski definition) is 2. The number of ether oxygens (including phenoxy) is 1. The summed E-state index contributed by atoms with van der Waals surface area (Å²) in [5.41, 5.74) is 0.743. The molecule has 4 nitrogen and oxygen atoms in total. The maximum absolute atomic E-state index is 10.2. The molecule has 1 atom stereocenters. The van der Waals surface area contributed by atoms with Crippen molar-refractivity contribution in [2.75, 3.05) is 26.3 Å². The molecule has 7 heteroatoms. The third kappa shape index (κ3) is 9.88. The number of rotatable bonds is 14. The van der Waals surface area contributed by atoms with E-state index < -0.39 is 6.10 Å². The zero-order chi connectivity index (χ0) is 19.3. The van der Waals surface area contributed by atoms with Crippen LogP contribution in [0, 0.1) is 0 Å². The quantitative estimate of drug-likeness (QED) is 0.400. The summed E-state index contributed by atoms with van der Waals surface area (Å²) in [6.07, 6.45) is 7.82. The van der Waals surface area contributed by atoms with Crippen molar-refractivity contribution in [3.63, 3.8) is 0 Å². The van der Waals surface area contributed by atoms with Gasteiger partial charge in [-0.3, -0.25) is 0 Å². The zero-order valence-corrected chi connectivity index (χ0v) is 17.8. The van der Waals surface area contributed by atoms with Gasteiger partial charge in [-0.1, -0.05) is 36.0 Å². The van der Waals surface area contributed by atoms with Crippen molar-refractivity contribution in [2.45, 2.75) is 44.6 Å². The molecule has 1 heterocycles. The lowest BCUT2D eigenvalue weighted by atomic mass is 10.1. The van der Waals surface area contributed by atoms with Gasteiger partial charge in [-0.2, -0.15) is 0 Å². The smallest absolute Gasteiger partial charge is 0.0925 e. The summed E-state index contributed by atoms with van der Waals surface area (Å²) in [7, 11) is 0. The normalized spacial score (nSPS) is 12.4. The van der Waals surface area contributed by atoms with Crippen LogP contribution < -0.4 is 5.32 Å². The van der Waals surface area contributed by atoms with Crippen LogP contribution in [0.2, 0.25) is 10.0 Å². The van der Waals surface area contributed by atoms with Crippen LogP contribution in [-0.2, 0) is 11.2 Å². The second-order valence-electron chi connectivity index (χ2n) is 6.48. The third-order valence-electron chi connectivity index (χ3n) is 4.16. The molecule has 150 valence electrons. The van der Waals surface area contributed by atoms with Crippen LogP contribution in [0.4, 0.5) is 0 Å². The van der Waals surface area contributed by atoms with Crippen LogP contribution in [0.3, 0.4) is 0 Å². The topological polar surface area (TPSA) is 54.4 Å². The van der Waals surface area contributed by atoms with Crippen LogP contribution in [0.1, 0.15) is 48.8 Å². The molecule has 0 aliphatic rings. The lowest BCUT2D eigenvalue weighted by Gasteiger charge is -2.13. The Morgan fingerprint density at radius 1 is 1.04 bits per heavy atom. The second kappa shape index (κ2) is 13.5. The van der Waals surface area contributed by atoms with Gasteiger partial charge in [-0.15, -0.1) is 11.3 Å². The Kier molecular flexibility index (Phi) is 11.3. The van der Waals surface area contributed by atoms with E-state index in [1.54, 1.807) is 29.5 Å². The molecule has 0 aliphatic heterocycles. The van der Waals surface area contributed by atoms with Gasteiger partial charge in [0.2, 0.25) is 0 Å². The number of aliphatic hydroxyl groups is 1. The molecule has 2 N–H and O–H groups in total. The summed E-state index contributed by atoms with van der Waals surface area (Å²) in [4.78, 5) is 4.26. The van der Waals surface area contributed by atoms with E-state index in [2.05, 4.69) is 10.3 Å². The van der Waals surface area contributed by atoms with Gasteiger partial charge < -0.3 is 15.2 Å². The average Bonchev–Trinajstić information content (AvgIpc) is 3.15. The molecule has 27 heavy (non-hydrogen) atoms. The summed E-state index contributed by atoms with van der Waals surface area (Å²) in [5, 5.41) is 17.7. The average molecular weight is 431 g/mol. The standard InChI is InChI=1S/C20H28Cl2N2O2S/c21-17-12-16(13-18(22)14-17)19(25)15-23-7-3-1-2-4-9-26-10-5-6-20-24-8-11-27-20/h8,11-14,19,23,25H,1-7,9-10,15H2. The van der Waals surface area contributed by atoms with Crippen LogP contribution >= 0.6 is 34.5 Å². The molecule has 1 unspecified atom stereocenters. The first-order chi connectivity index (χ1) is 13.1. The monoisotopic (exact) mass is 430 g/mol. The van der Waals surface area contributed by atoms with Crippen molar-refractivity contribution < 1.29 is 9.84 Å². The minimum absolute atomic E-state index is 0.499. The van der Waals surface area contributed by atoms with E-state index >= 15 is 0 Å². The lowest BCUT2D eigenvalue weighted by molar-refractivity contribution is 0.127. The molecule has 1 aromatic heterocycles. The van der Waals surface area contributed by atoms with E-state index in [9.17, 15) is 5.11 Å². The number of unbranched alkanes of at least 4 members (excludes halogenated alkanes) is 3. The highest BCUT2D eigenvalue weighted by molar-refractivity contribution is 7.09.